The maximum absolute atomic E-state index is 12.2. The first-order valence-corrected chi connectivity index (χ1v) is 8.41. The first kappa shape index (κ1) is 19.5. The van der Waals surface area contributed by atoms with Crippen LogP contribution in [0, 0.1) is 0 Å². The minimum absolute atomic E-state index is 0. The van der Waals surface area contributed by atoms with E-state index in [1.54, 1.807) is 0 Å². The van der Waals surface area contributed by atoms with E-state index in [9.17, 15) is 9.59 Å². The topological polar surface area (TPSA) is 91.5 Å². The minimum atomic E-state index is -0.298. The lowest BCUT2D eigenvalue weighted by molar-refractivity contribution is -0.126. The van der Waals surface area contributed by atoms with Crippen molar-refractivity contribution in [2.24, 2.45) is 0 Å². The fourth-order valence-corrected chi connectivity index (χ4v) is 2.57. The van der Waals surface area contributed by atoms with Crippen molar-refractivity contribution in [3.8, 4) is 0 Å². The summed E-state index contributed by atoms with van der Waals surface area (Å²) in [7, 11) is 0. The molecule has 1 aromatic rings. The van der Waals surface area contributed by atoms with Crippen molar-refractivity contribution in [2.75, 3.05) is 25.1 Å². The fraction of sp³-hybridized carbons (Fsp3) is 0.529. The van der Waals surface area contributed by atoms with E-state index in [1.165, 1.54) is 0 Å². The average molecular weight is 369 g/mol. The van der Waals surface area contributed by atoms with E-state index in [-0.39, 0.29) is 36.4 Å². The van der Waals surface area contributed by atoms with Crippen molar-refractivity contribution in [1.29, 1.82) is 0 Å². The highest BCUT2D eigenvalue weighted by atomic mass is 35.5. The molecule has 0 bridgehead atoms. The van der Waals surface area contributed by atoms with Crippen molar-refractivity contribution >= 4 is 30.0 Å². The van der Waals surface area contributed by atoms with Crippen LogP contribution in [0.1, 0.15) is 31.4 Å². The molecule has 7 nitrogen and oxygen atoms in total. The van der Waals surface area contributed by atoms with Gasteiger partial charge >= 0.3 is 6.03 Å². The molecule has 2 aliphatic rings. The number of halogens is 1. The summed E-state index contributed by atoms with van der Waals surface area (Å²) in [5.41, 5.74) is 1.71. The Labute approximate surface area is 153 Å². The van der Waals surface area contributed by atoms with Crippen LogP contribution in [-0.4, -0.2) is 43.8 Å². The van der Waals surface area contributed by atoms with Gasteiger partial charge in [0.1, 0.15) is 6.04 Å². The van der Waals surface area contributed by atoms with Gasteiger partial charge in [0.25, 0.3) is 0 Å². The Balaban J connectivity index is 0.00000225. The van der Waals surface area contributed by atoms with E-state index in [4.69, 9.17) is 4.74 Å². The molecule has 1 aromatic carbocycles. The summed E-state index contributed by atoms with van der Waals surface area (Å²) in [6.07, 6.45) is 2.12. The van der Waals surface area contributed by atoms with Crippen LogP contribution in [0.15, 0.2) is 24.3 Å². The Hall–Kier alpha value is -1.83. The van der Waals surface area contributed by atoms with Gasteiger partial charge in [0.15, 0.2) is 0 Å². The van der Waals surface area contributed by atoms with Gasteiger partial charge in [0.05, 0.1) is 19.3 Å². The molecular weight excluding hydrogens is 344 g/mol. The number of rotatable bonds is 5. The highest BCUT2D eigenvalue weighted by Crippen LogP contribution is 2.19. The Morgan fingerprint density at radius 2 is 1.96 bits per heavy atom. The van der Waals surface area contributed by atoms with Crippen LogP contribution in [0.4, 0.5) is 10.5 Å². The van der Waals surface area contributed by atoms with E-state index in [2.05, 4.69) is 21.3 Å². The molecule has 1 saturated carbocycles. The summed E-state index contributed by atoms with van der Waals surface area (Å²) in [5, 5.41) is 11.8. The zero-order valence-electron chi connectivity index (χ0n) is 14.2. The van der Waals surface area contributed by atoms with Gasteiger partial charge < -0.3 is 26.0 Å². The molecule has 0 radical (unpaired) electrons. The number of hydrogen-bond donors (Lipinski definition) is 4. The number of amides is 3. The standard InChI is InChI=1S/C17H24N4O3.ClH/c1-11(19-16(22)15-10-24-9-8-18-15)12-2-4-13(5-3-12)20-17(23)21-14-6-7-14;/h2-5,11,14-15,18H,6-10H2,1H3,(H,19,22)(H2,20,21,23);1H. The molecule has 1 aliphatic heterocycles. The molecule has 4 N–H and O–H groups in total. The summed E-state index contributed by atoms with van der Waals surface area (Å²) in [4.78, 5) is 23.9. The second-order valence-electron chi connectivity index (χ2n) is 6.31. The van der Waals surface area contributed by atoms with Crippen molar-refractivity contribution in [3.63, 3.8) is 0 Å². The number of ether oxygens (including phenoxy) is 1. The number of carbonyl (C=O) groups is 2. The summed E-state index contributed by atoms with van der Waals surface area (Å²) in [6.45, 7) is 3.67. The predicted octanol–water partition coefficient (Wildman–Crippen LogP) is 1.56. The van der Waals surface area contributed by atoms with E-state index in [1.807, 2.05) is 31.2 Å². The molecular formula is C17H25ClN4O3. The van der Waals surface area contributed by atoms with Crippen LogP contribution in [0.3, 0.4) is 0 Å². The quantitative estimate of drug-likeness (QED) is 0.634. The summed E-state index contributed by atoms with van der Waals surface area (Å²) >= 11 is 0. The van der Waals surface area contributed by atoms with Crippen molar-refractivity contribution in [2.45, 2.75) is 37.9 Å². The Bertz CT molecular complexity index is 586. The number of urea groups is 1. The zero-order valence-corrected chi connectivity index (χ0v) is 15.0. The zero-order chi connectivity index (χ0) is 16.9. The molecule has 1 heterocycles. The first-order chi connectivity index (χ1) is 11.6. The van der Waals surface area contributed by atoms with Gasteiger partial charge in [-0.2, -0.15) is 0 Å². The van der Waals surface area contributed by atoms with Gasteiger partial charge in [-0.25, -0.2) is 4.79 Å². The average Bonchev–Trinajstić information content (AvgIpc) is 3.40. The predicted molar refractivity (Wildman–Crippen MR) is 98.0 cm³/mol. The lowest BCUT2D eigenvalue weighted by Gasteiger charge is -2.25. The molecule has 3 rings (SSSR count). The number of benzene rings is 1. The molecule has 2 unspecified atom stereocenters. The largest absolute Gasteiger partial charge is 0.378 e. The second-order valence-corrected chi connectivity index (χ2v) is 6.31. The molecule has 1 aliphatic carbocycles. The van der Waals surface area contributed by atoms with E-state index < -0.39 is 0 Å². The van der Waals surface area contributed by atoms with Crippen LogP contribution in [0.2, 0.25) is 0 Å². The monoisotopic (exact) mass is 368 g/mol. The van der Waals surface area contributed by atoms with Gasteiger partial charge in [0.2, 0.25) is 5.91 Å². The minimum Gasteiger partial charge on any atom is -0.378 e. The van der Waals surface area contributed by atoms with E-state index in [0.717, 1.165) is 24.1 Å². The van der Waals surface area contributed by atoms with Gasteiger partial charge in [-0.3, -0.25) is 4.79 Å². The van der Waals surface area contributed by atoms with E-state index in [0.29, 0.717) is 25.8 Å². The van der Waals surface area contributed by atoms with Crippen LogP contribution in [-0.2, 0) is 9.53 Å². The lowest BCUT2D eigenvalue weighted by atomic mass is 10.1. The van der Waals surface area contributed by atoms with Gasteiger partial charge in [-0.1, -0.05) is 12.1 Å². The Kier molecular flexibility index (Phi) is 7.04. The first-order valence-electron chi connectivity index (χ1n) is 8.41. The van der Waals surface area contributed by atoms with E-state index >= 15 is 0 Å². The maximum Gasteiger partial charge on any atom is 0.319 e. The number of morpholine rings is 1. The molecule has 2 fully saturated rings. The van der Waals surface area contributed by atoms with Crippen molar-refractivity contribution in [1.82, 2.24) is 16.0 Å². The summed E-state index contributed by atoms with van der Waals surface area (Å²) in [6, 6.07) is 7.24. The lowest BCUT2D eigenvalue weighted by Crippen LogP contribution is -2.51. The highest BCUT2D eigenvalue weighted by molar-refractivity contribution is 5.89. The molecule has 25 heavy (non-hydrogen) atoms. The molecule has 2 atom stereocenters. The molecule has 1 saturated heterocycles. The Morgan fingerprint density at radius 3 is 2.56 bits per heavy atom. The molecule has 138 valence electrons. The number of nitrogens with one attached hydrogen (secondary N) is 4. The smallest absolute Gasteiger partial charge is 0.319 e. The molecule has 3 amide bonds. The third-order valence-electron chi connectivity index (χ3n) is 4.18. The highest BCUT2D eigenvalue weighted by Gasteiger charge is 2.24. The second kappa shape index (κ2) is 9.03. The summed E-state index contributed by atoms with van der Waals surface area (Å²) < 4.78 is 5.31. The normalized spacial score (nSPS) is 20.8. The van der Waals surface area contributed by atoms with Crippen molar-refractivity contribution < 1.29 is 14.3 Å². The number of carbonyl (C=O) groups excluding carboxylic acids is 2. The Morgan fingerprint density at radius 1 is 1.24 bits per heavy atom. The fourth-order valence-electron chi connectivity index (χ4n) is 2.57. The van der Waals surface area contributed by atoms with Crippen LogP contribution >= 0.6 is 12.4 Å². The van der Waals surface area contributed by atoms with Gasteiger partial charge in [-0.15, -0.1) is 12.4 Å². The summed E-state index contributed by atoms with van der Waals surface area (Å²) in [5.74, 6) is -0.0618. The van der Waals surface area contributed by atoms with Crippen LogP contribution < -0.4 is 21.3 Å². The molecule has 8 heteroatoms. The van der Waals surface area contributed by atoms with Gasteiger partial charge in [-0.05, 0) is 37.5 Å². The third kappa shape index (κ3) is 5.88. The molecule has 0 aromatic heterocycles. The molecule has 0 spiro atoms. The van der Waals surface area contributed by atoms with Crippen LogP contribution in [0.5, 0.6) is 0 Å². The number of hydrogen-bond acceptors (Lipinski definition) is 4. The third-order valence-corrected chi connectivity index (χ3v) is 4.18. The maximum atomic E-state index is 12.2. The SMILES string of the molecule is CC(NC(=O)C1COCCN1)c1ccc(NC(=O)NC2CC2)cc1.Cl. The number of anilines is 1. The van der Waals surface area contributed by atoms with Crippen LogP contribution in [0.25, 0.3) is 0 Å². The van der Waals surface area contributed by atoms with Crippen molar-refractivity contribution in [3.05, 3.63) is 29.8 Å². The van der Waals surface area contributed by atoms with Gasteiger partial charge in [0, 0.05) is 18.3 Å².